The summed E-state index contributed by atoms with van der Waals surface area (Å²) in [5.74, 6) is -1.19. The van der Waals surface area contributed by atoms with E-state index >= 15 is 0 Å². The van der Waals surface area contributed by atoms with Crippen LogP contribution in [0.25, 0.3) is 6.08 Å². The molecule has 0 spiro atoms. The molecule has 0 aliphatic carbocycles. The van der Waals surface area contributed by atoms with Crippen molar-refractivity contribution in [3.8, 4) is 0 Å². The highest BCUT2D eigenvalue weighted by Gasteiger charge is 2.21. The van der Waals surface area contributed by atoms with Crippen LogP contribution in [0, 0.1) is 0 Å². The summed E-state index contributed by atoms with van der Waals surface area (Å²) in [4.78, 5) is 38.7. The predicted octanol–water partition coefficient (Wildman–Crippen LogP) is 4.64. The number of hydrogen-bond donors (Lipinski definition) is 0. The van der Waals surface area contributed by atoms with E-state index in [0.29, 0.717) is 16.8 Å². The molecule has 0 aliphatic rings. The van der Waals surface area contributed by atoms with Gasteiger partial charge in [-0.3, -0.25) is 14.5 Å². The number of para-hydroxylation sites is 1. The molecule has 0 N–H and O–H groups in total. The number of amides is 1. The van der Waals surface area contributed by atoms with Gasteiger partial charge >= 0.3 is 11.9 Å². The summed E-state index contributed by atoms with van der Waals surface area (Å²) in [6, 6.07) is 15.8. The minimum Gasteiger partial charge on any atom is -0.465 e. The van der Waals surface area contributed by atoms with Crippen LogP contribution in [0.5, 0.6) is 0 Å². The number of esters is 2. The van der Waals surface area contributed by atoms with Gasteiger partial charge in [0.25, 0.3) is 5.91 Å². The van der Waals surface area contributed by atoms with Gasteiger partial charge in [0.15, 0.2) is 0 Å². The van der Waals surface area contributed by atoms with Gasteiger partial charge in [0.05, 0.1) is 12.2 Å². The maximum atomic E-state index is 13.1. The number of carbonyl (C=O) groups is 3. The average molecular weight is 424 g/mol. The molecule has 0 aliphatic heterocycles. The van der Waals surface area contributed by atoms with E-state index in [4.69, 9.17) is 9.47 Å². The topological polar surface area (TPSA) is 72.9 Å². The van der Waals surface area contributed by atoms with Crippen LogP contribution in [-0.4, -0.2) is 36.6 Å². The van der Waals surface area contributed by atoms with Crippen molar-refractivity contribution < 1.29 is 23.9 Å². The Kier molecular flexibility index (Phi) is 8.14. The number of ether oxygens (including phenoxy) is 2. The minimum atomic E-state index is -0.571. The van der Waals surface area contributed by atoms with Gasteiger partial charge in [-0.2, -0.15) is 0 Å². The summed E-state index contributed by atoms with van der Waals surface area (Å²) < 4.78 is 10.4. The molecule has 2 aromatic carbocycles. The van der Waals surface area contributed by atoms with Gasteiger partial charge in [-0.25, -0.2) is 4.79 Å². The van der Waals surface area contributed by atoms with Crippen LogP contribution in [0.2, 0.25) is 0 Å². The zero-order valence-corrected chi connectivity index (χ0v) is 18.7. The smallest absolute Gasteiger partial charge is 0.338 e. The second-order valence-corrected chi connectivity index (χ2v) is 7.98. The summed E-state index contributed by atoms with van der Waals surface area (Å²) >= 11 is 0. The molecule has 0 bridgehead atoms. The quantitative estimate of drug-likeness (QED) is 0.479. The van der Waals surface area contributed by atoms with Crippen molar-refractivity contribution in [2.24, 2.45) is 0 Å². The zero-order valence-electron chi connectivity index (χ0n) is 18.7. The molecule has 31 heavy (non-hydrogen) atoms. The van der Waals surface area contributed by atoms with Crippen molar-refractivity contribution in [1.82, 2.24) is 0 Å². The summed E-state index contributed by atoms with van der Waals surface area (Å²) in [6.45, 7) is 8.90. The predicted molar refractivity (Wildman–Crippen MR) is 121 cm³/mol. The molecule has 6 heteroatoms. The first-order chi connectivity index (χ1) is 14.6. The van der Waals surface area contributed by atoms with Gasteiger partial charge in [0.1, 0.15) is 12.1 Å². The highest BCUT2D eigenvalue weighted by molar-refractivity contribution is 6.09. The Hall–Kier alpha value is -3.41. The second kappa shape index (κ2) is 10.6. The molecule has 0 unspecified atom stereocenters. The Labute approximate surface area is 183 Å². The maximum Gasteiger partial charge on any atom is 0.338 e. The van der Waals surface area contributed by atoms with Gasteiger partial charge in [-0.05, 0) is 70.5 Å². The lowest BCUT2D eigenvalue weighted by Crippen LogP contribution is -2.37. The van der Waals surface area contributed by atoms with E-state index in [-0.39, 0.29) is 19.1 Å². The third kappa shape index (κ3) is 7.41. The van der Waals surface area contributed by atoms with Crippen LogP contribution < -0.4 is 4.90 Å². The first kappa shape index (κ1) is 23.9. The van der Waals surface area contributed by atoms with E-state index in [1.807, 2.05) is 26.8 Å². The largest absolute Gasteiger partial charge is 0.465 e. The first-order valence-electron chi connectivity index (χ1n) is 10.1. The first-order valence-corrected chi connectivity index (χ1v) is 10.1. The van der Waals surface area contributed by atoms with Crippen LogP contribution in [0.3, 0.4) is 0 Å². The highest BCUT2D eigenvalue weighted by Crippen LogP contribution is 2.19. The molecule has 2 rings (SSSR count). The summed E-state index contributed by atoms with van der Waals surface area (Å²) in [6.07, 6.45) is 1.71. The maximum absolute atomic E-state index is 13.1. The third-order valence-electron chi connectivity index (χ3n) is 4.17. The molecule has 0 saturated carbocycles. The van der Waals surface area contributed by atoms with E-state index in [2.05, 4.69) is 0 Å². The normalized spacial score (nSPS) is 11.6. The molecule has 0 fully saturated rings. The van der Waals surface area contributed by atoms with E-state index in [1.165, 1.54) is 4.90 Å². The Morgan fingerprint density at radius 3 is 2.13 bits per heavy atom. The molecule has 1 amide bonds. The van der Waals surface area contributed by atoms with Crippen molar-refractivity contribution >= 4 is 29.6 Å². The molecule has 6 nitrogen and oxygen atoms in total. The number of anilines is 1. The monoisotopic (exact) mass is 423 g/mol. The average Bonchev–Trinajstić information content (AvgIpc) is 2.71. The lowest BCUT2D eigenvalue weighted by atomic mass is 10.1. The Morgan fingerprint density at radius 2 is 1.58 bits per heavy atom. The molecular formula is C25H29NO5. The molecule has 0 saturated heterocycles. The fourth-order valence-electron chi connectivity index (χ4n) is 2.80. The van der Waals surface area contributed by atoms with Gasteiger partial charge < -0.3 is 9.47 Å². The fraction of sp³-hybridized carbons (Fsp3) is 0.320. The van der Waals surface area contributed by atoms with Crippen LogP contribution in [-0.2, 0) is 19.1 Å². The molecule has 0 heterocycles. The van der Waals surface area contributed by atoms with E-state index in [1.54, 1.807) is 68.5 Å². The van der Waals surface area contributed by atoms with Crippen molar-refractivity contribution in [2.75, 3.05) is 18.1 Å². The molecule has 2 aromatic rings. The lowest BCUT2D eigenvalue weighted by Gasteiger charge is -2.22. The zero-order chi connectivity index (χ0) is 23.0. The lowest BCUT2D eigenvalue weighted by molar-refractivity contribution is -0.142. The van der Waals surface area contributed by atoms with Crippen molar-refractivity contribution in [2.45, 2.75) is 40.2 Å². The van der Waals surface area contributed by atoms with Crippen LogP contribution in [0.15, 0.2) is 60.2 Å². The molecule has 164 valence electrons. The standard InChI is InChI=1S/C25H29NO5/c1-6-30-22(27)17-26(21-10-8-7-9-11-21)23(28)18(2)16-19-12-14-20(15-13-19)24(29)31-25(3,4)5/h7-16H,6,17H2,1-5H3. The summed E-state index contributed by atoms with van der Waals surface area (Å²) in [7, 11) is 0. The van der Waals surface area contributed by atoms with Crippen LogP contribution in [0.1, 0.15) is 50.5 Å². The molecule has 0 radical (unpaired) electrons. The number of carbonyl (C=O) groups excluding carboxylic acids is 3. The van der Waals surface area contributed by atoms with Crippen molar-refractivity contribution in [3.05, 3.63) is 71.3 Å². The van der Waals surface area contributed by atoms with Crippen molar-refractivity contribution in [3.63, 3.8) is 0 Å². The van der Waals surface area contributed by atoms with Gasteiger partial charge in [0, 0.05) is 11.3 Å². The van der Waals surface area contributed by atoms with E-state index < -0.39 is 17.5 Å². The fourth-order valence-corrected chi connectivity index (χ4v) is 2.80. The number of rotatable bonds is 7. The second-order valence-electron chi connectivity index (χ2n) is 7.98. The van der Waals surface area contributed by atoms with Gasteiger partial charge in [-0.15, -0.1) is 0 Å². The van der Waals surface area contributed by atoms with Crippen LogP contribution in [0.4, 0.5) is 5.69 Å². The molecule has 0 aromatic heterocycles. The van der Waals surface area contributed by atoms with Crippen molar-refractivity contribution in [1.29, 1.82) is 0 Å². The summed E-state index contributed by atoms with van der Waals surface area (Å²) in [5.41, 5.74) is 1.66. The van der Waals surface area contributed by atoms with E-state index in [0.717, 1.165) is 5.56 Å². The highest BCUT2D eigenvalue weighted by atomic mass is 16.6. The minimum absolute atomic E-state index is 0.181. The SMILES string of the molecule is CCOC(=O)CN(C(=O)C(C)=Cc1ccc(C(=O)OC(C)(C)C)cc1)c1ccccc1. The Bertz CT molecular complexity index is 940. The molecule has 0 atom stereocenters. The van der Waals surface area contributed by atoms with E-state index in [9.17, 15) is 14.4 Å². The third-order valence-corrected chi connectivity index (χ3v) is 4.17. The van der Waals surface area contributed by atoms with Crippen LogP contribution >= 0.6 is 0 Å². The summed E-state index contributed by atoms with van der Waals surface area (Å²) in [5, 5.41) is 0. The molecular weight excluding hydrogens is 394 g/mol. The number of hydrogen-bond acceptors (Lipinski definition) is 5. The van der Waals surface area contributed by atoms with Gasteiger partial charge in [-0.1, -0.05) is 30.3 Å². The Balaban J connectivity index is 2.21. The van der Waals surface area contributed by atoms with Gasteiger partial charge in [0.2, 0.25) is 0 Å². The number of benzene rings is 2. The number of nitrogens with zero attached hydrogens (tertiary/aromatic N) is 1. The Morgan fingerprint density at radius 1 is 0.968 bits per heavy atom.